The van der Waals surface area contributed by atoms with Crippen molar-refractivity contribution in [3.05, 3.63) is 23.3 Å². The summed E-state index contributed by atoms with van der Waals surface area (Å²) in [5.74, 6) is 9.68. The summed E-state index contributed by atoms with van der Waals surface area (Å²) >= 11 is 0. The average molecular weight is 307 g/mol. The van der Waals surface area contributed by atoms with E-state index in [4.69, 9.17) is 30.4 Å². The normalized spacial score (nSPS) is 10.9. The lowest BCUT2D eigenvalue weighted by Gasteiger charge is -2.22. The Balaban J connectivity index is 3.09. The van der Waals surface area contributed by atoms with Gasteiger partial charge in [-0.3, -0.25) is 4.90 Å². The van der Waals surface area contributed by atoms with Gasteiger partial charge in [-0.05, 0) is 12.1 Å². The van der Waals surface area contributed by atoms with E-state index < -0.39 is 6.10 Å². The molecule has 1 aromatic carbocycles. The maximum absolute atomic E-state index is 10.4. The van der Waals surface area contributed by atoms with Crippen LogP contribution in [-0.4, -0.2) is 41.4 Å². The molecule has 0 saturated heterocycles. The summed E-state index contributed by atoms with van der Waals surface area (Å²) in [6.45, 7) is 0.775. The number of ether oxygens (including phenoxy) is 1. The maximum Gasteiger partial charge on any atom is 0.162 e. The van der Waals surface area contributed by atoms with Crippen molar-refractivity contribution < 1.29 is 14.9 Å². The molecule has 0 bridgehead atoms. The van der Waals surface area contributed by atoms with Gasteiger partial charge in [-0.25, -0.2) is 0 Å². The van der Waals surface area contributed by atoms with Crippen molar-refractivity contribution in [1.29, 1.82) is 0 Å². The van der Waals surface area contributed by atoms with Crippen LogP contribution in [0.2, 0.25) is 0 Å². The summed E-state index contributed by atoms with van der Waals surface area (Å²) in [5, 5.41) is 20.3. The molecular formula is C19H17NO3. The first-order valence-electron chi connectivity index (χ1n) is 6.74. The van der Waals surface area contributed by atoms with E-state index in [9.17, 15) is 10.2 Å². The molecule has 0 aliphatic carbocycles. The van der Waals surface area contributed by atoms with Gasteiger partial charge in [-0.15, -0.1) is 25.7 Å². The Labute approximate surface area is 137 Å². The lowest BCUT2D eigenvalue weighted by molar-refractivity contribution is 0.127. The Kier molecular flexibility index (Phi) is 7.13. The fourth-order valence-electron chi connectivity index (χ4n) is 2.01. The SMILES string of the molecule is C#CCOc1cc(C(O)CN(CC#C)CC#C)c(C#C)cc1O. The first kappa shape index (κ1) is 18.0. The molecule has 2 N–H and O–H groups in total. The number of rotatable bonds is 7. The van der Waals surface area contributed by atoms with Gasteiger partial charge < -0.3 is 14.9 Å². The molecule has 0 aliphatic rings. The van der Waals surface area contributed by atoms with E-state index in [1.165, 1.54) is 12.1 Å². The van der Waals surface area contributed by atoms with Crippen LogP contribution in [0.25, 0.3) is 0 Å². The summed E-state index contributed by atoms with van der Waals surface area (Å²) in [6, 6.07) is 2.81. The van der Waals surface area contributed by atoms with E-state index in [1.807, 2.05) is 0 Å². The van der Waals surface area contributed by atoms with Crippen LogP contribution in [0.1, 0.15) is 17.2 Å². The Bertz CT molecular complexity index is 694. The van der Waals surface area contributed by atoms with Gasteiger partial charge in [-0.1, -0.05) is 23.7 Å². The van der Waals surface area contributed by atoms with E-state index in [-0.39, 0.29) is 24.7 Å². The first-order chi connectivity index (χ1) is 11.1. The summed E-state index contributed by atoms with van der Waals surface area (Å²) in [5.41, 5.74) is 0.779. The van der Waals surface area contributed by atoms with Gasteiger partial charge in [0, 0.05) is 17.7 Å². The fraction of sp³-hybridized carbons (Fsp3) is 0.263. The molecule has 1 unspecified atom stereocenters. The van der Waals surface area contributed by atoms with Gasteiger partial charge in [-0.2, -0.15) is 0 Å². The summed E-state index contributed by atoms with van der Waals surface area (Å²) in [6.07, 6.45) is 20.2. The third-order valence-corrected chi connectivity index (χ3v) is 3.02. The number of aliphatic hydroxyl groups is 1. The highest BCUT2D eigenvalue weighted by molar-refractivity contribution is 5.53. The molecular weight excluding hydrogens is 290 g/mol. The van der Waals surface area contributed by atoms with Crippen LogP contribution in [-0.2, 0) is 0 Å². The number of terminal acetylenes is 4. The second kappa shape index (κ2) is 9.09. The van der Waals surface area contributed by atoms with Crippen LogP contribution in [0.3, 0.4) is 0 Å². The monoisotopic (exact) mass is 307 g/mol. The molecule has 4 nitrogen and oxygen atoms in total. The molecule has 1 aromatic rings. The minimum absolute atomic E-state index is 0.0151. The minimum Gasteiger partial charge on any atom is -0.504 e. The number of phenols is 1. The molecule has 0 saturated carbocycles. The molecule has 0 aliphatic heterocycles. The number of benzene rings is 1. The molecule has 0 spiro atoms. The van der Waals surface area contributed by atoms with Gasteiger partial charge in [0.05, 0.1) is 19.2 Å². The number of hydrogen-bond donors (Lipinski definition) is 2. The van der Waals surface area contributed by atoms with E-state index in [2.05, 4.69) is 23.7 Å². The van der Waals surface area contributed by atoms with E-state index in [0.29, 0.717) is 24.2 Å². The van der Waals surface area contributed by atoms with E-state index in [0.717, 1.165) is 0 Å². The van der Waals surface area contributed by atoms with Gasteiger partial charge >= 0.3 is 0 Å². The highest BCUT2D eigenvalue weighted by Gasteiger charge is 2.18. The topological polar surface area (TPSA) is 52.9 Å². The zero-order valence-corrected chi connectivity index (χ0v) is 12.6. The Morgan fingerprint density at radius 3 is 2.26 bits per heavy atom. The van der Waals surface area contributed by atoms with Crippen molar-refractivity contribution in [1.82, 2.24) is 4.90 Å². The number of phenolic OH excluding ortho intramolecular Hbond substituents is 1. The molecule has 4 heteroatoms. The van der Waals surface area contributed by atoms with Crippen LogP contribution in [0, 0.1) is 49.4 Å². The number of nitrogens with zero attached hydrogens (tertiary/aromatic N) is 1. The summed E-state index contributed by atoms with van der Waals surface area (Å²) in [4.78, 5) is 1.72. The quantitative estimate of drug-likeness (QED) is 0.738. The van der Waals surface area contributed by atoms with Gasteiger partial charge in [0.25, 0.3) is 0 Å². The first-order valence-corrected chi connectivity index (χ1v) is 6.74. The third kappa shape index (κ3) is 5.03. The van der Waals surface area contributed by atoms with E-state index in [1.54, 1.807) is 4.90 Å². The van der Waals surface area contributed by atoms with Gasteiger partial charge in [0.15, 0.2) is 11.5 Å². The van der Waals surface area contributed by atoms with Crippen molar-refractivity contribution in [3.8, 4) is 60.9 Å². The number of aliphatic hydroxyl groups excluding tert-OH is 1. The molecule has 0 fully saturated rings. The lowest BCUT2D eigenvalue weighted by Crippen LogP contribution is -2.29. The standard InChI is InChI=1S/C19H17NO3/c1-5-9-20(10-6-2)14-18(22)16-13-19(23-11-7-3)17(21)12-15(16)8-4/h1-4,12-13,18,21-22H,9-11,14H2. The third-order valence-electron chi connectivity index (χ3n) is 3.02. The predicted octanol–water partition coefficient (Wildman–Crippen LogP) is 0.987. The molecule has 23 heavy (non-hydrogen) atoms. The zero-order chi connectivity index (χ0) is 17.2. The smallest absolute Gasteiger partial charge is 0.162 e. The maximum atomic E-state index is 10.4. The van der Waals surface area contributed by atoms with E-state index >= 15 is 0 Å². The van der Waals surface area contributed by atoms with Crippen LogP contribution in [0.5, 0.6) is 11.5 Å². The molecule has 0 amide bonds. The highest BCUT2D eigenvalue weighted by atomic mass is 16.5. The Morgan fingerprint density at radius 1 is 1.09 bits per heavy atom. The van der Waals surface area contributed by atoms with Crippen molar-refractivity contribution in [2.45, 2.75) is 6.10 Å². The highest BCUT2D eigenvalue weighted by Crippen LogP contribution is 2.32. The summed E-state index contributed by atoms with van der Waals surface area (Å²) < 4.78 is 5.23. The van der Waals surface area contributed by atoms with Crippen LogP contribution in [0.4, 0.5) is 0 Å². The molecule has 0 heterocycles. The van der Waals surface area contributed by atoms with Crippen molar-refractivity contribution in [2.24, 2.45) is 0 Å². The minimum atomic E-state index is -0.948. The van der Waals surface area contributed by atoms with Crippen LogP contribution >= 0.6 is 0 Å². The number of aromatic hydroxyl groups is 1. The van der Waals surface area contributed by atoms with Crippen molar-refractivity contribution in [2.75, 3.05) is 26.2 Å². The van der Waals surface area contributed by atoms with Crippen molar-refractivity contribution in [3.63, 3.8) is 0 Å². The van der Waals surface area contributed by atoms with Crippen molar-refractivity contribution >= 4 is 0 Å². The van der Waals surface area contributed by atoms with Gasteiger partial charge in [0.2, 0.25) is 0 Å². The summed E-state index contributed by atoms with van der Waals surface area (Å²) in [7, 11) is 0. The average Bonchev–Trinajstić information content (AvgIpc) is 2.53. The second-order valence-corrected chi connectivity index (χ2v) is 4.64. The molecule has 0 radical (unpaired) electrons. The molecule has 1 rings (SSSR count). The Hall–Kier alpha value is -3.02. The zero-order valence-electron chi connectivity index (χ0n) is 12.6. The molecule has 1 atom stereocenters. The second-order valence-electron chi connectivity index (χ2n) is 4.64. The fourth-order valence-corrected chi connectivity index (χ4v) is 2.01. The molecule has 0 aromatic heterocycles. The van der Waals surface area contributed by atoms with Crippen LogP contribution in [0.15, 0.2) is 12.1 Å². The van der Waals surface area contributed by atoms with Gasteiger partial charge in [0.1, 0.15) is 6.61 Å². The lowest BCUT2D eigenvalue weighted by atomic mass is 10.0. The largest absolute Gasteiger partial charge is 0.504 e. The number of hydrogen-bond acceptors (Lipinski definition) is 4. The predicted molar refractivity (Wildman–Crippen MR) is 89.4 cm³/mol. The molecule has 116 valence electrons. The van der Waals surface area contributed by atoms with Crippen LogP contribution < -0.4 is 4.74 Å². The Morgan fingerprint density at radius 2 is 1.74 bits per heavy atom.